The quantitative estimate of drug-likeness (QED) is 0.586. The first kappa shape index (κ1) is 11.3. The second kappa shape index (κ2) is 4.67. The number of hydrogen-bond acceptors (Lipinski definition) is 1. The van der Waals surface area contributed by atoms with E-state index in [1.165, 1.54) is 5.56 Å². The van der Waals surface area contributed by atoms with Gasteiger partial charge in [0.15, 0.2) is 0 Å². The van der Waals surface area contributed by atoms with Gasteiger partial charge in [0.25, 0.3) is 0 Å². The van der Waals surface area contributed by atoms with Crippen LogP contribution in [0, 0.1) is 23.2 Å². The Balaban J connectivity index is 2.84. The smallest absolute Gasteiger partial charge is 0.0966 e. The number of hydrogen-bond donors (Lipinski definition) is 0. The molecule has 0 N–H and O–H groups in total. The highest BCUT2D eigenvalue weighted by atomic mass is 14.2. The molecule has 0 aliphatic carbocycles. The van der Waals surface area contributed by atoms with Gasteiger partial charge in [-0.25, -0.2) is 0 Å². The summed E-state index contributed by atoms with van der Waals surface area (Å²) >= 11 is 0. The second-order valence-electron chi connectivity index (χ2n) is 4.46. The van der Waals surface area contributed by atoms with Gasteiger partial charge in [-0.15, -0.1) is 0 Å². The molecule has 0 spiro atoms. The molecule has 0 saturated heterocycles. The maximum absolute atomic E-state index is 8.34. The molecule has 0 aliphatic heterocycles. The van der Waals surface area contributed by atoms with Crippen LogP contribution in [0.5, 0.6) is 0 Å². The van der Waals surface area contributed by atoms with E-state index in [0.29, 0.717) is 6.42 Å². The molecule has 1 nitrogen and oxygen atoms in total. The zero-order chi connectivity index (χ0) is 11.3. The van der Waals surface area contributed by atoms with Gasteiger partial charge in [-0.1, -0.05) is 44.7 Å². The summed E-state index contributed by atoms with van der Waals surface area (Å²) in [7, 11) is 0. The van der Waals surface area contributed by atoms with Crippen molar-refractivity contribution in [2.45, 2.75) is 32.6 Å². The van der Waals surface area contributed by atoms with Crippen molar-refractivity contribution in [3.63, 3.8) is 0 Å². The summed E-state index contributed by atoms with van der Waals surface area (Å²) in [5, 5.41) is 8.34. The van der Waals surface area contributed by atoms with E-state index in [1.807, 2.05) is 18.2 Å². The molecule has 15 heavy (non-hydrogen) atoms. The molecule has 1 rings (SSSR count). The van der Waals surface area contributed by atoms with Crippen LogP contribution in [-0.2, 0) is 5.41 Å². The second-order valence-corrected chi connectivity index (χ2v) is 4.46. The number of benzene rings is 1. The predicted octanol–water partition coefficient (Wildman–Crippen LogP) is 3.25. The summed E-state index contributed by atoms with van der Waals surface area (Å²) in [5.74, 6) is 5.75. The van der Waals surface area contributed by atoms with Crippen molar-refractivity contribution in [2.75, 3.05) is 0 Å². The van der Waals surface area contributed by atoms with Gasteiger partial charge in [-0.2, -0.15) is 5.26 Å². The first-order chi connectivity index (χ1) is 7.04. The zero-order valence-electron chi connectivity index (χ0n) is 9.46. The summed E-state index contributed by atoms with van der Waals surface area (Å²) in [4.78, 5) is 0. The van der Waals surface area contributed by atoms with E-state index in [9.17, 15) is 0 Å². The number of nitriles is 1. The highest BCUT2D eigenvalue weighted by molar-refractivity contribution is 5.38. The Hall–Kier alpha value is -1.73. The van der Waals surface area contributed by atoms with Gasteiger partial charge < -0.3 is 0 Å². The molecule has 0 aromatic heterocycles. The molecular formula is C14H15N. The predicted molar refractivity (Wildman–Crippen MR) is 62.3 cm³/mol. The first-order valence-electron chi connectivity index (χ1n) is 5.00. The average molecular weight is 197 g/mol. The lowest BCUT2D eigenvalue weighted by Crippen LogP contribution is -2.10. The Bertz CT molecular complexity index is 416. The van der Waals surface area contributed by atoms with Gasteiger partial charge in [0.05, 0.1) is 12.5 Å². The van der Waals surface area contributed by atoms with Gasteiger partial charge in [-0.05, 0) is 23.1 Å². The van der Waals surface area contributed by atoms with Crippen LogP contribution in [0.4, 0.5) is 0 Å². The Morgan fingerprint density at radius 3 is 2.20 bits per heavy atom. The van der Waals surface area contributed by atoms with Crippen LogP contribution in [0.1, 0.15) is 38.3 Å². The molecule has 0 fully saturated rings. The standard InChI is InChI=1S/C14H15N/c1-14(2,3)13-9-7-12(8-10-13)6-4-5-11-15/h7-10H,5H2,1-3H3. The average Bonchev–Trinajstić information content (AvgIpc) is 2.18. The lowest BCUT2D eigenvalue weighted by molar-refractivity contribution is 0.590. The van der Waals surface area contributed by atoms with Gasteiger partial charge in [0.2, 0.25) is 0 Å². The van der Waals surface area contributed by atoms with Crippen molar-refractivity contribution < 1.29 is 0 Å². The highest BCUT2D eigenvalue weighted by Gasteiger charge is 2.12. The molecule has 0 atom stereocenters. The van der Waals surface area contributed by atoms with E-state index >= 15 is 0 Å². The van der Waals surface area contributed by atoms with E-state index in [1.54, 1.807) is 0 Å². The minimum Gasteiger partial charge on any atom is -0.197 e. The summed E-state index contributed by atoms with van der Waals surface area (Å²) in [6, 6.07) is 10.2. The van der Waals surface area contributed by atoms with Crippen LogP contribution >= 0.6 is 0 Å². The maximum atomic E-state index is 8.34. The molecule has 76 valence electrons. The van der Waals surface area contributed by atoms with Crippen molar-refractivity contribution in [3.8, 4) is 17.9 Å². The Kier molecular flexibility index (Phi) is 3.53. The van der Waals surface area contributed by atoms with E-state index in [2.05, 4.69) is 44.7 Å². The number of rotatable bonds is 0. The molecule has 1 aromatic rings. The topological polar surface area (TPSA) is 23.8 Å². The third-order valence-electron chi connectivity index (χ3n) is 2.15. The Labute approximate surface area is 91.7 Å². The van der Waals surface area contributed by atoms with Gasteiger partial charge in [-0.3, -0.25) is 0 Å². The maximum Gasteiger partial charge on any atom is 0.0966 e. The normalized spacial score (nSPS) is 10.0. The van der Waals surface area contributed by atoms with E-state index in [-0.39, 0.29) is 5.41 Å². The lowest BCUT2D eigenvalue weighted by atomic mass is 9.87. The minimum absolute atomic E-state index is 0.179. The van der Waals surface area contributed by atoms with Crippen LogP contribution in [0.15, 0.2) is 24.3 Å². The van der Waals surface area contributed by atoms with Crippen LogP contribution in [-0.4, -0.2) is 0 Å². The van der Waals surface area contributed by atoms with Crippen molar-refractivity contribution in [1.82, 2.24) is 0 Å². The van der Waals surface area contributed by atoms with Crippen LogP contribution in [0.2, 0.25) is 0 Å². The van der Waals surface area contributed by atoms with Gasteiger partial charge in [0.1, 0.15) is 0 Å². The SMILES string of the molecule is CC(C)(C)c1ccc(C#CCC#N)cc1. The van der Waals surface area contributed by atoms with Gasteiger partial charge in [0, 0.05) is 5.56 Å². The first-order valence-corrected chi connectivity index (χ1v) is 5.00. The zero-order valence-corrected chi connectivity index (χ0v) is 9.46. The summed E-state index contributed by atoms with van der Waals surface area (Å²) in [5.41, 5.74) is 2.45. The van der Waals surface area contributed by atoms with Crippen molar-refractivity contribution in [3.05, 3.63) is 35.4 Å². The summed E-state index contributed by atoms with van der Waals surface area (Å²) < 4.78 is 0. The van der Waals surface area contributed by atoms with Crippen molar-refractivity contribution >= 4 is 0 Å². The Morgan fingerprint density at radius 1 is 1.13 bits per heavy atom. The lowest BCUT2D eigenvalue weighted by Gasteiger charge is -2.18. The molecule has 0 bridgehead atoms. The fraction of sp³-hybridized carbons (Fsp3) is 0.357. The van der Waals surface area contributed by atoms with E-state index < -0.39 is 0 Å². The molecule has 0 saturated carbocycles. The molecule has 0 aliphatic rings. The fourth-order valence-electron chi connectivity index (χ4n) is 1.24. The molecule has 1 heteroatoms. The summed E-state index contributed by atoms with van der Waals surface area (Å²) in [6.07, 6.45) is 0.293. The minimum atomic E-state index is 0.179. The van der Waals surface area contributed by atoms with Crippen molar-refractivity contribution in [2.24, 2.45) is 0 Å². The molecule has 0 heterocycles. The molecular weight excluding hydrogens is 182 g/mol. The van der Waals surface area contributed by atoms with Crippen LogP contribution < -0.4 is 0 Å². The molecule has 0 amide bonds. The van der Waals surface area contributed by atoms with E-state index in [4.69, 9.17) is 5.26 Å². The summed E-state index contributed by atoms with van der Waals surface area (Å²) in [6.45, 7) is 6.55. The highest BCUT2D eigenvalue weighted by Crippen LogP contribution is 2.21. The van der Waals surface area contributed by atoms with E-state index in [0.717, 1.165) is 5.56 Å². The third kappa shape index (κ3) is 3.49. The molecule has 0 radical (unpaired) electrons. The van der Waals surface area contributed by atoms with Crippen LogP contribution in [0.3, 0.4) is 0 Å². The third-order valence-corrected chi connectivity index (χ3v) is 2.15. The Morgan fingerprint density at radius 2 is 1.73 bits per heavy atom. The number of nitrogens with zero attached hydrogens (tertiary/aromatic N) is 1. The monoisotopic (exact) mass is 197 g/mol. The van der Waals surface area contributed by atoms with Gasteiger partial charge >= 0.3 is 0 Å². The van der Waals surface area contributed by atoms with Crippen LogP contribution in [0.25, 0.3) is 0 Å². The largest absolute Gasteiger partial charge is 0.197 e. The fourth-order valence-corrected chi connectivity index (χ4v) is 1.24. The molecule has 0 unspecified atom stereocenters. The van der Waals surface area contributed by atoms with Crippen molar-refractivity contribution in [1.29, 1.82) is 5.26 Å². The molecule has 1 aromatic carbocycles.